The molecule has 0 aliphatic carbocycles. The van der Waals surface area contributed by atoms with Crippen molar-refractivity contribution in [2.75, 3.05) is 26.4 Å². The van der Waals surface area contributed by atoms with Gasteiger partial charge in [-0.3, -0.25) is 0 Å². The molecule has 0 saturated carbocycles. The van der Waals surface area contributed by atoms with Crippen molar-refractivity contribution >= 4 is 10.0 Å². The first-order valence-corrected chi connectivity index (χ1v) is 8.39. The van der Waals surface area contributed by atoms with E-state index < -0.39 is 10.0 Å². The molecule has 110 valence electrons. The molecular weight excluding hydrogens is 278 g/mol. The third kappa shape index (κ3) is 2.32. The van der Waals surface area contributed by atoms with Crippen molar-refractivity contribution < 1.29 is 17.9 Å². The third-order valence-electron chi connectivity index (χ3n) is 4.00. The second kappa shape index (κ2) is 5.35. The molecule has 2 heterocycles. The predicted molar refractivity (Wildman–Crippen MR) is 74.2 cm³/mol. The van der Waals surface area contributed by atoms with E-state index >= 15 is 0 Å². The SMILES string of the molecule is CCOc1ccc(S(=O)(=O)N2CC[C@@H]3COC[C@@H]32)cc1. The third-order valence-corrected chi connectivity index (χ3v) is 5.93. The maximum absolute atomic E-state index is 12.7. The van der Waals surface area contributed by atoms with Gasteiger partial charge in [0.05, 0.1) is 30.8 Å². The summed E-state index contributed by atoms with van der Waals surface area (Å²) in [6.45, 7) is 4.25. The molecule has 0 N–H and O–H groups in total. The van der Waals surface area contributed by atoms with Crippen LogP contribution in [-0.2, 0) is 14.8 Å². The van der Waals surface area contributed by atoms with Gasteiger partial charge < -0.3 is 9.47 Å². The molecule has 2 atom stereocenters. The van der Waals surface area contributed by atoms with Crippen LogP contribution in [0.15, 0.2) is 29.2 Å². The van der Waals surface area contributed by atoms with Crippen LogP contribution >= 0.6 is 0 Å². The number of nitrogens with zero attached hydrogens (tertiary/aromatic N) is 1. The Morgan fingerprint density at radius 1 is 1.30 bits per heavy atom. The Labute approximate surface area is 119 Å². The average Bonchev–Trinajstić information content (AvgIpc) is 3.01. The molecule has 2 saturated heterocycles. The second-order valence-corrected chi connectivity index (χ2v) is 7.06. The molecule has 1 aromatic rings. The molecule has 2 fully saturated rings. The van der Waals surface area contributed by atoms with E-state index in [-0.39, 0.29) is 6.04 Å². The van der Waals surface area contributed by atoms with Crippen LogP contribution in [0, 0.1) is 5.92 Å². The van der Waals surface area contributed by atoms with Gasteiger partial charge >= 0.3 is 0 Å². The molecule has 6 heteroatoms. The lowest BCUT2D eigenvalue weighted by Crippen LogP contribution is -2.38. The van der Waals surface area contributed by atoms with Crippen LogP contribution in [0.4, 0.5) is 0 Å². The summed E-state index contributed by atoms with van der Waals surface area (Å²) >= 11 is 0. The Morgan fingerprint density at radius 2 is 2.05 bits per heavy atom. The summed E-state index contributed by atoms with van der Waals surface area (Å²) in [6.07, 6.45) is 0.890. The zero-order valence-electron chi connectivity index (χ0n) is 11.5. The van der Waals surface area contributed by atoms with Gasteiger partial charge in [-0.2, -0.15) is 4.31 Å². The first kappa shape index (κ1) is 13.9. The molecule has 0 amide bonds. The smallest absolute Gasteiger partial charge is 0.243 e. The number of fused-ring (bicyclic) bond motifs is 1. The summed E-state index contributed by atoms with van der Waals surface area (Å²) in [5, 5.41) is 0. The van der Waals surface area contributed by atoms with Gasteiger partial charge in [-0.15, -0.1) is 0 Å². The van der Waals surface area contributed by atoms with Crippen LogP contribution < -0.4 is 4.74 Å². The van der Waals surface area contributed by atoms with Crippen molar-refractivity contribution in [1.82, 2.24) is 4.31 Å². The minimum Gasteiger partial charge on any atom is -0.494 e. The van der Waals surface area contributed by atoms with Gasteiger partial charge in [0.25, 0.3) is 0 Å². The van der Waals surface area contributed by atoms with Crippen molar-refractivity contribution in [1.29, 1.82) is 0 Å². The molecule has 20 heavy (non-hydrogen) atoms. The lowest BCUT2D eigenvalue weighted by Gasteiger charge is -2.22. The number of ether oxygens (including phenoxy) is 2. The lowest BCUT2D eigenvalue weighted by molar-refractivity contribution is 0.167. The minimum atomic E-state index is -3.43. The summed E-state index contributed by atoms with van der Waals surface area (Å²) in [5.74, 6) is 1.04. The molecule has 5 nitrogen and oxygen atoms in total. The van der Waals surface area contributed by atoms with Crippen LogP contribution in [-0.4, -0.2) is 45.1 Å². The average molecular weight is 297 g/mol. The number of hydrogen-bond donors (Lipinski definition) is 0. The fourth-order valence-electron chi connectivity index (χ4n) is 2.95. The van der Waals surface area contributed by atoms with Gasteiger partial charge in [-0.25, -0.2) is 8.42 Å². The summed E-state index contributed by atoms with van der Waals surface area (Å²) in [4.78, 5) is 0.327. The first-order chi connectivity index (χ1) is 9.63. The highest BCUT2D eigenvalue weighted by Crippen LogP contribution is 2.34. The summed E-state index contributed by atoms with van der Waals surface area (Å²) in [6, 6.07) is 6.64. The minimum absolute atomic E-state index is 0.00608. The highest BCUT2D eigenvalue weighted by atomic mass is 32.2. The van der Waals surface area contributed by atoms with E-state index in [4.69, 9.17) is 9.47 Å². The van der Waals surface area contributed by atoms with Crippen LogP contribution in [0.2, 0.25) is 0 Å². The maximum atomic E-state index is 12.7. The summed E-state index contributed by atoms with van der Waals surface area (Å²) in [5.41, 5.74) is 0. The quantitative estimate of drug-likeness (QED) is 0.845. The van der Waals surface area contributed by atoms with Crippen LogP contribution in [0.25, 0.3) is 0 Å². The summed E-state index contributed by atoms with van der Waals surface area (Å²) < 4.78 is 37.7. The molecule has 2 aliphatic heterocycles. The van der Waals surface area contributed by atoms with Crippen LogP contribution in [0.3, 0.4) is 0 Å². The van der Waals surface area contributed by atoms with E-state index in [9.17, 15) is 8.42 Å². The molecule has 0 spiro atoms. The first-order valence-electron chi connectivity index (χ1n) is 6.95. The summed E-state index contributed by atoms with van der Waals surface area (Å²) in [7, 11) is -3.43. The Hall–Kier alpha value is -1.11. The number of benzene rings is 1. The number of rotatable bonds is 4. The van der Waals surface area contributed by atoms with Crippen LogP contribution in [0.5, 0.6) is 5.75 Å². The maximum Gasteiger partial charge on any atom is 0.243 e. The van der Waals surface area contributed by atoms with Crippen molar-refractivity contribution in [3.63, 3.8) is 0 Å². The molecule has 0 aromatic heterocycles. The van der Waals surface area contributed by atoms with Crippen molar-refractivity contribution in [2.45, 2.75) is 24.3 Å². The van der Waals surface area contributed by atoms with E-state index in [0.29, 0.717) is 42.9 Å². The molecule has 0 bridgehead atoms. The van der Waals surface area contributed by atoms with Crippen molar-refractivity contribution in [3.05, 3.63) is 24.3 Å². The second-order valence-electron chi connectivity index (χ2n) is 5.17. The Kier molecular flexibility index (Phi) is 3.70. The van der Waals surface area contributed by atoms with Gasteiger partial charge in [0.2, 0.25) is 10.0 Å². The van der Waals surface area contributed by atoms with E-state index in [1.807, 2.05) is 6.92 Å². The van der Waals surface area contributed by atoms with Gasteiger partial charge in [0.1, 0.15) is 5.75 Å². The lowest BCUT2D eigenvalue weighted by atomic mass is 10.1. The van der Waals surface area contributed by atoms with Crippen molar-refractivity contribution in [3.8, 4) is 5.75 Å². The van der Waals surface area contributed by atoms with Gasteiger partial charge in [0, 0.05) is 12.5 Å². The topological polar surface area (TPSA) is 55.8 Å². The highest BCUT2D eigenvalue weighted by molar-refractivity contribution is 7.89. The van der Waals surface area contributed by atoms with E-state index in [1.165, 1.54) is 0 Å². The fraction of sp³-hybridized carbons (Fsp3) is 0.571. The Bertz CT molecular complexity index is 569. The van der Waals surface area contributed by atoms with E-state index in [2.05, 4.69) is 0 Å². The molecule has 1 aromatic carbocycles. The molecule has 2 aliphatic rings. The van der Waals surface area contributed by atoms with Gasteiger partial charge in [0.15, 0.2) is 0 Å². The highest BCUT2D eigenvalue weighted by Gasteiger charge is 2.44. The Morgan fingerprint density at radius 3 is 2.75 bits per heavy atom. The molecule has 3 rings (SSSR count). The number of sulfonamides is 1. The zero-order chi connectivity index (χ0) is 14.2. The van der Waals surface area contributed by atoms with Crippen molar-refractivity contribution in [2.24, 2.45) is 5.92 Å². The molecular formula is C14H19NO4S. The Balaban J connectivity index is 1.84. The zero-order valence-corrected chi connectivity index (χ0v) is 12.3. The largest absolute Gasteiger partial charge is 0.494 e. The fourth-order valence-corrected chi connectivity index (χ4v) is 4.63. The van der Waals surface area contributed by atoms with E-state index in [0.717, 1.165) is 6.42 Å². The molecule has 0 radical (unpaired) electrons. The monoisotopic (exact) mass is 297 g/mol. The normalized spacial score (nSPS) is 26.6. The van der Waals surface area contributed by atoms with Gasteiger partial charge in [-0.1, -0.05) is 0 Å². The van der Waals surface area contributed by atoms with Crippen LogP contribution in [0.1, 0.15) is 13.3 Å². The number of hydrogen-bond acceptors (Lipinski definition) is 4. The molecule has 0 unspecified atom stereocenters. The van der Waals surface area contributed by atoms with Gasteiger partial charge in [-0.05, 0) is 37.6 Å². The standard InChI is InChI=1S/C14H19NO4S/c1-2-19-12-3-5-13(6-4-12)20(16,17)15-8-7-11-9-18-10-14(11)15/h3-6,11,14H,2,7-10H2,1H3/t11-,14+/m1/s1. The predicted octanol–water partition coefficient (Wildman–Crippen LogP) is 1.49. The van der Waals surface area contributed by atoms with E-state index in [1.54, 1.807) is 28.6 Å².